The van der Waals surface area contributed by atoms with Crippen molar-refractivity contribution in [3.8, 4) is 0 Å². The zero-order valence-corrected chi connectivity index (χ0v) is 9.82. The van der Waals surface area contributed by atoms with Gasteiger partial charge >= 0.3 is 0 Å². The summed E-state index contributed by atoms with van der Waals surface area (Å²) in [5.41, 5.74) is 2.49. The maximum atomic E-state index is 9.01. The third-order valence-corrected chi connectivity index (χ3v) is 2.06. The molecule has 0 aliphatic rings. The highest BCUT2D eigenvalue weighted by Gasteiger charge is 1.96. The fraction of sp³-hybridized carbons (Fsp3) is 0.0714. The molecule has 4 heteroatoms. The van der Waals surface area contributed by atoms with E-state index in [-0.39, 0.29) is 0 Å². The monoisotopic (exact) mass is 245 g/mol. The van der Waals surface area contributed by atoms with Crippen LogP contribution in [0.25, 0.3) is 0 Å². The second kappa shape index (κ2) is 8.00. The number of hydrogen-bond donors (Lipinski definition) is 2. The molecule has 0 aliphatic heterocycles. The summed E-state index contributed by atoms with van der Waals surface area (Å²) in [5.74, 6) is -1.44. The molecule has 0 aliphatic carbocycles. The van der Waals surface area contributed by atoms with E-state index in [1.807, 2.05) is 12.1 Å². The number of nitrogens with two attached hydrogens (primary N) is 1. The zero-order valence-electron chi connectivity index (χ0n) is 9.82. The summed E-state index contributed by atoms with van der Waals surface area (Å²) in [6.45, 7) is -0.889. The lowest BCUT2D eigenvalue weighted by Gasteiger charge is -1.98. The van der Waals surface area contributed by atoms with Gasteiger partial charge in [-0.1, -0.05) is 36.4 Å². The number of aliphatic hydroxyl groups excluding tert-OH is 1. The van der Waals surface area contributed by atoms with Gasteiger partial charge < -0.3 is 15.0 Å². The Labute approximate surface area is 106 Å². The van der Waals surface area contributed by atoms with Crippen LogP contribution in [0, 0.1) is 0 Å². The lowest BCUT2D eigenvalue weighted by Crippen LogP contribution is -2.70. The first-order valence-electron chi connectivity index (χ1n) is 5.48. The number of para-hydroxylation sites is 2. The molecule has 94 valence electrons. The molecule has 0 radical (unpaired) electrons. The van der Waals surface area contributed by atoms with Crippen molar-refractivity contribution in [2.45, 2.75) is 0 Å². The number of hydrogen-bond acceptors (Lipinski definition) is 3. The number of aliphatic carboxylic acids is 1. The van der Waals surface area contributed by atoms with Crippen molar-refractivity contribution >= 4 is 17.3 Å². The van der Waals surface area contributed by atoms with Crippen molar-refractivity contribution in [2.24, 2.45) is 0 Å². The number of rotatable bonds is 3. The fourth-order valence-corrected chi connectivity index (χ4v) is 1.29. The highest BCUT2D eigenvalue weighted by atomic mass is 16.4. The molecular weight excluding hydrogens is 230 g/mol. The molecule has 4 nitrogen and oxygen atoms in total. The van der Waals surface area contributed by atoms with Crippen LogP contribution in [-0.4, -0.2) is 17.7 Å². The molecule has 0 fully saturated rings. The Morgan fingerprint density at radius 2 is 1.28 bits per heavy atom. The molecule has 0 spiro atoms. The van der Waals surface area contributed by atoms with Crippen LogP contribution in [0.2, 0.25) is 0 Å². The van der Waals surface area contributed by atoms with Gasteiger partial charge in [-0.25, -0.2) is 0 Å². The topological polar surface area (TPSA) is 77.0 Å². The second-order valence-corrected chi connectivity index (χ2v) is 3.50. The maximum absolute atomic E-state index is 9.01. The van der Waals surface area contributed by atoms with Crippen LogP contribution in [0.3, 0.4) is 0 Å². The molecule has 0 atom stereocenters. The van der Waals surface area contributed by atoms with Gasteiger partial charge in [0, 0.05) is 0 Å². The van der Waals surface area contributed by atoms with E-state index in [1.165, 1.54) is 11.4 Å². The summed E-state index contributed by atoms with van der Waals surface area (Å²) in [6.07, 6.45) is 0. The normalized spacial score (nSPS) is 9.17. The minimum Gasteiger partial charge on any atom is -0.548 e. The average molecular weight is 245 g/mol. The molecule has 2 rings (SSSR count). The number of carboxylic acid groups (broad SMARTS) is 1. The summed E-state index contributed by atoms with van der Waals surface area (Å²) in [7, 11) is 0. The summed E-state index contributed by atoms with van der Waals surface area (Å²) >= 11 is 0. The quantitative estimate of drug-likeness (QED) is 0.744. The number of carbonyl (C=O) groups excluding carboxylic acids is 1. The van der Waals surface area contributed by atoms with Crippen LogP contribution in [-0.2, 0) is 4.79 Å². The smallest absolute Gasteiger partial charge is 0.134 e. The van der Waals surface area contributed by atoms with Gasteiger partial charge in [-0.15, -0.1) is 0 Å². The molecule has 0 saturated carbocycles. The van der Waals surface area contributed by atoms with Crippen molar-refractivity contribution in [2.75, 3.05) is 6.61 Å². The predicted molar refractivity (Wildman–Crippen MR) is 66.2 cm³/mol. The SMILES string of the molecule is O=C([O-])CO.c1ccc([NH2+]c2ccccc2)cc1. The van der Waals surface area contributed by atoms with Crippen LogP contribution in [0.4, 0.5) is 11.4 Å². The lowest BCUT2D eigenvalue weighted by atomic mass is 10.3. The summed E-state index contributed by atoms with van der Waals surface area (Å²) in [6, 6.07) is 20.7. The average Bonchev–Trinajstić information content (AvgIpc) is 2.42. The van der Waals surface area contributed by atoms with E-state index in [1.54, 1.807) is 0 Å². The van der Waals surface area contributed by atoms with Gasteiger partial charge in [-0.05, 0) is 24.3 Å². The Balaban J connectivity index is 0.000000280. The number of aliphatic hydroxyl groups is 1. The Hall–Kier alpha value is -2.17. The van der Waals surface area contributed by atoms with E-state index in [0.717, 1.165) is 0 Å². The van der Waals surface area contributed by atoms with E-state index in [4.69, 9.17) is 15.0 Å². The first-order valence-corrected chi connectivity index (χ1v) is 5.48. The van der Waals surface area contributed by atoms with E-state index < -0.39 is 12.6 Å². The molecule has 18 heavy (non-hydrogen) atoms. The van der Waals surface area contributed by atoms with Crippen LogP contribution in [0.15, 0.2) is 60.7 Å². The standard InChI is InChI=1S/C12H11N.C2H4O3/c1-3-7-11(8-4-1)13-12-9-5-2-6-10-12;3-1-2(4)5/h1-10,13H;3H,1H2,(H,4,5). The number of quaternary nitrogens is 1. The fourth-order valence-electron chi connectivity index (χ4n) is 1.29. The largest absolute Gasteiger partial charge is 0.548 e. The molecule has 0 unspecified atom stereocenters. The third-order valence-electron chi connectivity index (χ3n) is 2.06. The highest BCUT2D eigenvalue weighted by molar-refractivity contribution is 5.65. The van der Waals surface area contributed by atoms with Crippen LogP contribution < -0.4 is 10.4 Å². The van der Waals surface area contributed by atoms with Crippen molar-refractivity contribution in [1.29, 1.82) is 0 Å². The first kappa shape index (κ1) is 13.9. The molecule has 0 bridgehead atoms. The van der Waals surface area contributed by atoms with E-state index in [9.17, 15) is 0 Å². The van der Waals surface area contributed by atoms with Crippen molar-refractivity contribution in [3.05, 3.63) is 60.7 Å². The maximum Gasteiger partial charge on any atom is 0.134 e. The molecule has 0 amide bonds. The number of carboxylic acids is 1. The lowest BCUT2D eigenvalue weighted by molar-refractivity contribution is -0.478. The second-order valence-electron chi connectivity index (χ2n) is 3.50. The van der Waals surface area contributed by atoms with Crippen molar-refractivity contribution < 1.29 is 20.3 Å². The molecule has 0 saturated heterocycles. The highest BCUT2D eigenvalue weighted by Crippen LogP contribution is 2.02. The third kappa shape index (κ3) is 5.79. The number of carbonyl (C=O) groups is 1. The molecule has 2 aromatic rings. The van der Waals surface area contributed by atoms with Gasteiger partial charge in [0.05, 0.1) is 12.6 Å². The zero-order chi connectivity index (χ0) is 13.2. The Morgan fingerprint density at radius 3 is 1.56 bits per heavy atom. The molecular formula is C14H15NO3. The predicted octanol–water partition coefficient (Wildman–Crippen LogP) is -0.0582. The van der Waals surface area contributed by atoms with Gasteiger partial charge in [0.15, 0.2) is 0 Å². The Morgan fingerprint density at radius 1 is 0.944 bits per heavy atom. The van der Waals surface area contributed by atoms with E-state index >= 15 is 0 Å². The summed E-state index contributed by atoms with van der Waals surface area (Å²) in [5, 5.41) is 18.7. The Bertz CT molecular complexity index is 419. The van der Waals surface area contributed by atoms with Crippen LogP contribution >= 0.6 is 0 Å². The number of benzene rings is 2. The van der Waals surface area contributed by atoms with Gasteiger partial charge in [0.1, 0.15) is 11.4 Å². The van der Waals surface area contributed by atoms with E-state index in [2.05, 4.69) is 53.8 Å². The molecule has 0 heterocycles. The van der Waals surface area contributed by atoms with Crippen molar-refractivity contribution in [3.63, 3.8) is 0 Å². The first-order chi connectivity index (χ1) is 8.72. The summed E-state index contributed by atoms with van der Waals surface area (Å²) in [4.78, 5) is 9.01. The molecule has 3 N–H and O–H groups in total. The Kier molecular flexibility index (Phi) is 6.17. The van der Waals surface area contributed by atoms with Gasteiger partial charge in [0.25, 0.3) is 0 Å². The van der Waals surface area contributed by atoms with Gasteiger partial charge in [-0.2, -0.15) is 0 Å². The van der Waals surface area contributed by atoms with Crippen LogP contribution in [0.1, 0.15) is 0 Å². The van der Waals surface area contributed by atoms with E-state index in [0.29, 0.717) is 0 Å². The minimum absolute atomic E-state index is 0.889. The molecule has 2 aromatic carbocycles. The van der Waals surface area contributed by atoms with Crippen LogP contribution in [0.5, 0.6) is 0 Å². The summed E-state index contributed by atoms with van der Waals surface area (Å²) < 4.78 is 0. The molecule has 0 aromatic heterocycles. The van der Waals surface area contributed by atoms with Gasteiger partial charge in [0.2, 0.25) is 0 Å². The van der Waals surface area contributed by atoms with Crippen molar-refractivity contribution in [1.82, 2.24) is 0 Å². The minimum atomic E-state index is -1.44. The van der Waals surface area contributed by atoms with Gasteiger partial charge in [-0.3, -0.25) is 5.32 Å².